The second-order valence-corrected chi connectivity index (χ2v) is 5.47. The molecule has 0 aliphatic carbocycles. The number of carbonyl (C=O) groups is 2. The summed E-state index contributed by atoms with van der Waals surface area (Å²) in [5.41, 5.74) is 3.03. The molecule has 0 saturated carbocycles. The first-order chi connectivity index (χ1) is 12.1. The Kier molecular flexibility index (Phi) is 4.80. The third-order valence-electron chi connectivity index (χ3n) is 3.49. The highest BCUT2D eigenvalue weighted by atomic mass is 16.2. The lowest BCUT2D eigenvalue weighted by Gasteiger charge is -2.09. The maximum Gasteiger partial charge on any atom is 0.323 e. The van der Waals surface area contributed by atoms with Gasteiger partial charge in [-0.25, -0.2) is 4.79 Å². The van der Waals surface area contributed by atoms with E-state index in [4.69, 9.17) is 0 Å². The lowest BCUT2D eigenvalue weighted by Crippen LogP contribution is -2.19. The molecule has 0 atom stereocenters. The van der Waals surface area contributed by atoms with Crippen molar-refractivity contribution in [3.63, 3.8) is 0 Å². The van der Waals surface area contributed by atoms with Crippen molar-refractivity contribution in [3.05, 3.63) is 73.1 Å². The van der Waals surface area contributed by atoms with E-state index in [1.54, 1.807) is 24.3 Å². The average Bonchev–Trinajstić information content (AvgIpc) is 3.11. The molecule has 3 amide bonds. The van der Waals surface area contributed by atoms with E-state index in [1.165, 1.54) is 6.92 Å². The molecular formula is C19H18N4O2. The summed E-state index contributed by atoms with van der Waals surface area (Å²) in [5.74, 6) is -0.137. The van der Waals surface area contributed by atoms with Gasteiger partial charge in [-0.2, -0.15) is 0 Å². The number of carbonyl (C=O) groups excluding carboxylic acids is 2. The highest BCUT2D eigenvalue weighted by Gasteiger charge is 2.04. The van der Waals surface area contributed by atoms with Crippen LogP contribution in [0.15, 0.2) is 73.1 Å². The monoisotopic (exact) mass is 334 g/mol. The van der Waals surface area contributed by atoms with Crippen LogP contribution in [-0.4, -0.2) is 16.5 Å². The highest BCUT2D eigenvalue weighted by Crippen LogP contribution is 2.16. The zero-order valence-corrected chi connectivity index (χ0v) is 13.7. The average molecular weight is 334 g/mol. The van der Waals surface area contributed by atoms with Gasteiger partial charge in [0.15, 0.2) is 0 Å². The Morgan fingerprint density at radius 2 is 1.16 bits per heavy atom. The number of nitrogens with one attached hydrogen (secondary N) is 3. The summed E-state index contributed by atoms with van der Waals surface area (Å²) in [6.45, 7) is 1.45. The van der Waals surface area contributed by atoms with Gasteiger partial charge < -0.3 is 20.5 Å². The van der Waals surface area contributed by atoms with Crippen LogP contribution >= 0.6 is 0 Å². The van der Waals surface area contributed by atoms with Crippen molar-refractivity contribution >= 4 is 29.0 Å². The lowest BCUT2D eigenvalue weighted by molar-refractivity contribution is -0.114. The third-order valence-corrected chi connectivity index (χ3v) is 3.49. The fourth-order valence-electron chi connectivity index (χ4n) is 2.36. The Morgan fingerprint density at radius 1 is 0.720 bits per heavy atom. The normalized spacial score (nSPS) is 10.1. The molecule has 25 heavy (non-hydrogen) atoms. The van der Waals surface area contributed by atoms with Crippen LogP contribution in [0.4, 0.5) is 21.9 Å². The Balaban J connectivity index is 1.58. The molecule has 3 aromatic rings. The molecule has 0 bridgehead atoms. The number of urea groups is 1. The van der Waals surface area contributed by atoms with Crippen molar-refractivity contribution in [1.29, 1.82) is 0 Å². The molecule has 6 heteroatoms. The van der Waals surface area contributed by atoms with Gasteiger partial charge in [-0.05, 0) is 60.7 Å². The minimum absolute atomic E-state index is 0.137. The van der Waals surface area contributed by atoms with Crippen LogP contribution in [0.3, 0.4) is 0 Å². The molecule has 3 N–H and O–H groups in total. The van der Waals surface area contributed by atoms with Crippen LogP contribution in [0.2, 0.25) is 0 Å². The van der Waals surface area contributed by atoms with Gasteiger partial charge in [-0.3, -0.25) is 4.79 Å². The number of benzene rings is 2. The summed E-state index contributed by atoms with van der Waals surface area (Å²) in [7, 11) is 0. The van der Waals surface area contributed by atoms with Gasteiger partial charge in [-0.1, -0.05) is 0 Å². The smallest absolute Gasteiger partial charge is 0.323 e. The van der Waals surface area contributed by atoms with Crippen LogP contribution in [0, 0.1) is 0 Å². The molecule has 0 unspecified atom stereocenters. The molecule has 3 rings (SSSR count). The van der Waals surface area contributed by atoms with Gasteiger partial charge in [-0.15, -0.1) is 0 Å². The highest BCUT2D eigenvalue weighted by molar-refractivity contribution is 6.00. The Morgan fingerprint density at radius 3 is 1.64 bits per heavy atom. The zero-order chi connectivity index (χ0) is 17.6. The Hall–Kier alpha value is -3.54. The van der Waals surface area contributed by atoms with E-state index in [0.717, 1.165) is 5.69 Å². The fourth-order valence-corrected chi connectivity index (χ4v) is 2.36. The molecule has 126 valence electrons. The predicted molar refractivity (Wildman–Crippen MR) is 99.2 cm³/mol. The Bertz CT molecular complexity index is 853. The maximum absolute atomic E-state index is 12.1. The minimum atomic E-state index is -0.332. The first-order valence-corrected chi connectivity index (χ1v) is 7.79. The summed E-state index contributed by atoms with van der Waals surface area (Å²) in [6, 6.07) is 18.0. The molecule has 0 saturated heterocycles. The number of nitrogens with zero attached hydrogens (tertiary/aromatic N) is 1. The Labute approximate surface area is 145 Å². The van der Waals surface area contributed by atoms with Gasteiger partial charge in [0, 0.05) is 42.1 Å². The SMILES string of the molecule is CC(=O)Nc1ccc(NC(=O)Nc2ccc(-n3cccc3)cc2)cc1. The lowest BCUT2D eigenvalue weighted by atomic mass is 10.2. The quantitative estimate of drug-likeness (QED) is 0.672. The number of hydrogen-bond acceptors (Lipinski definition) is 2. The number of hydrogen-bond donors (Lipinski definition) is 3. The van der Waals surface area contributed by atoms with Crippen molar-refractivity contribution < 1.29 is 9.59 Å². The second-order valence-electron chi connectivity index (χ2n) is 5.47. The van der Waals surface area contributed by atoms with Crippen molar-refractivity contribution in [3.8, 4) is 5.69 Å². The van der Waals surface area contributed by atoms with E-state index in [1.807, 2.05) is 53.4 Å². The summed E-state index contributed by atoms with van der Waals surface area (Å²) < 4.78 is 1.99. The number of amides is 3. The first kappa shape index (κ1) is 16.3. The van der Waals surface area contributed by atoms with Gasteiger partial charge in [0.1, 0.15) is 0 Å². The van der Waals surface area contributed by atoms with Crippen molar-refractivity contribution in [1.82, 2.24) is 4.57 Å². The second kappa shape index (κ2) is 7.35. The molecule has 0 aliphatic rings. The van der Waals surface area contributed by atoms with Gasteiger partial charge in [0.05, 0.1) is 0 Å². The predicted octanol–water partition coefficient (Wildman–Crippen LogP) is 4.08. The molecule has 2 aromatic carbocycles. The topological polar surface area (TPSA) is 75.2 Å². The van der Waals surface area contributed by atoms with Crippen molar-refractivity contribution in [2.75, 3.05) is 16.0 Å². The molecule has 0 aliphatic heterocycles. The van der Waals surface area contributed by atoms with Crippen LogP contribution in [0.5, 0.6) is 0 Å². The van der Waals surface area contributed by atoms with Crippen molar-refractivity contribution in [2.45, 2.75) is 6.92 Å². The summed E-state index contributed by atoms with van der Waals surface area (Å²) in [6.07, 6.45) is 3.92. The molecule has 0 fully saturated rings. The largest absolute Gasteiger partial charge is 0.326 e. The molecule has 0 spiro atoms. The van der Waals surface area contributed by atoms with Crippen LogP contribution in [0.25, 0.3) is 5.69 Å². The van der Waals surface area contributed by atoms with E-state index in [2.05, 4.69) is 16.0 Å². The maximum atomic E-state index is 12.1. The van der Waals surface area contributed by atoms with Crippen LogP contribution < -0.4 is 16.0 Å². The first-order valence-electron chi connectivity index (χ1n) is 7.79. The van der Waals surface area contributed by atoms with Crippen molar-refractivity contribution in [2.24, 2.45) is 0 Å². The molecule has 6 nitrogen and oxygen atoms in total. The summed E-state index contributed by atoms with van der Waals surface area (Å²) in [5, 5.41) is 8.20. The number of aromatic nitrogens is 1. The standard InChI is InChI=1S/C19H18N4O2/c1-14(24)20-15-4-6-16(7-5-15)21-19(25)22-17-8-10-18(11-9-17)23-12-2-3-13-23/h2-13H,1H3,(H,20,24)(H2,21,22,25). The number of rotatable bonds is 4. The number of anilines is 3. The molecule has 1 heterocycles. The van der Waals surface area contributed by atoms with E-state index in [0.29, 0.717) is 17.1 Å². The minimum Gasteiger partial charge on any atom is -0.326 e. The summed E-state index contributed by atoms with van der Waals surface area (Å²) >= 11 is 0. The van der Waals surface area contributed by atoms with Crippen LogP contribution in [-0.2, 0) is 4.79 Å². The third kappa shape index (κ3) is 4.48. The van der Waals surface area contributed by atoms with E-state index in [-0.39, 0.29) is 11.9 Å². The zero-order valence-electron chi connectivity index (χ0n) is 13.7. The molecule has 0 radical (unpaired) electrons. The van der Waals surface area contributed by atoms with E-state index in [9.17, 15) is 9.59 Å². The van der Waals surface area contributed by atoms with E-state index < -0.39 is 0 Å². The summed E-state index contributed by atoms with van der Waals surface area (Å²) in [4.78, 5) is 23.0. The molecular weight excluding hydrogens is 316 g/mol. The fraction of sp³-hybridized carbons (Fsp3) is 0.0526. The van der Waals surface area contributed by atoms with Gasteiger partial charge in [0.2, 0.25) is 5.91 Å². The van der Waals surface area contributed by atoms with E-state index >= 15 is 0 Å². The van der Waals surface area contributed by atoms with Gasteiger partial charge >= 0.3 is 6.03 Å². The van der Waals surface area contributed by atoms with Crippen LogP contribution in [0.1, 0.15) is 6.92 Å². The molecule has 1 aromatic heterocycles. The van der Waals surface area contributed by atoms with Gasteiger partial charge in [0.25, 0.3) is 0 Å².